The van der Waals surface area contributed by atoms with Gasteiger partial charge in [-0.3, -0.25) is 9.59 Å². The Bertz CT molecular complexity index is 453. The molecule has 1 aromatic rings. The molecule has 0 unspecified atom stereocenters. The molecule has 1 heterocycles. The highest BCUT2D eigenvalue weighted by Gasteiger charge is 2.33. The van der Waals surface area contributed by atoms with Crippen molar-refractivity contribution in [1.29, 1.82) is 0 Å². The maximum atomic E-state index is 12.4. The zero-order chi connectivity index (χ0) is 13.2. The number of aldehydes is 1. The minimum absolute atomic E-state index is 0.0334. The third-order valence-corrected chi connectivity index (χ3v) is 2.18. The summed E-state index contributed by atoms with van der Waals surface area (Å²) in [5.74, 6) is -1.23. The van der Waals surface area contributed by atoms with E-state index in [1.165, 1.54) is 6.07 Å². The van der Waals surface area contributed by atoms with Gasteiger partial charge in [0.05, 0.1) is 0 Å². The number of ketones is 1. The Morgan fingerprint density at radius 3 is 2.35 bits per heavy atom. The molecule has 92 valence electrons. The van der Waals surface area contributed by atoms with Crippen molar-refractivity contribution >= 4 is 12.1 Å². The molecular formula is C11H10F3NO2. The van der Waals surface area contributed by atoms with E-state index in [0.717, 1.165) is 6.07 Å². The number of nitrogens with zero attached hydrogens (tertiary/aromatic N) is 1. The van der Waals surface area contributed by atoms with E-state index >= 15 is 0 Å². The first-order valence-electron chi connectivity index (χ1n) is 4.85. The minimum Gasteiger partial charge on any atom is -0.294 e. The van der Waals surface area contributed by atoms with Crippen LogP contribution in [0.25, 0.3) is 0 Å². The number of pyridine rings is 1. The molecule has 6 heteroatoms. The summed E-state index contributed by atoms with van der Waals surface area (Å²) in [7, 11) is 0. The highest BCUT2D eigenvalue weighted by Crippen LogP contribution is 2.29. The van der Waals surface area contributed by atoms with Crippen LogP contribution in [0.4, 0.5) is 13.2 Å². The zero-order valence-electron chi connectivity index (χ0n) is 9.21. The molecule has 0 radical (unpaired) electrons. The third kappa shape index (κ3) is 2.89. The van der Waals surface area contributed by atoms with Gasteiger partial charge in [-0.2, -0.15) is 13.2 Å². The number of rotatable bonds is 3. The standard InChI is InChI=1S/C11H10F3NO2/c1-6(2)7-3-4-9(11(12,13)14)15-10(7)8(17)5-16/h3-6H,1-2H3. The molecule has 0 N–H and O–H groups in total. The molecule has 3 nitrogen and oxygen atoms in total. The first kappa shape index (κ1) is 13.3. The zero-order valence-corrected chi connectivity index (χ0v) is 9.21. The van der Waals surface area contributed by atoms with Crippen LogP contribution in [0.3, 0.4) is 0 Å². The second-order valence-corrected chi connectivity index (χ2v) is 3.77. The van der Waals surface area contributed by atoms with Crippen LogP contribution >= 0.6 is 0 Å². The SMILES string of the molecule is CC(C)c1ccc(C(F)(F)F)nc1C(=O)C=O. The number of aromatic nitrogens is 1. The molecule has 1 aromatic heterocycles. The van der Waals surface area contributed by atoms with Crippen molar-refractivity contribution in [2.75, 3.05) is 0 Å². The number of halogens is 3. The van der Waals surface area contributed by atoms with Crippen LogP contribution in [0.5, 0.6) is 0 Å². The summed E-state index contributed by atoms with van der Waals surface area (Å²) >= 11 is 0. The fourth-order valence-electron chi connectivity index (χ4n) is 1.35. The van der Waals surface area contributed by atoms with Gasteiger partial charge in [0.25, 0.3) is 0 Å². The second-order valence-electron chi connectivity index (χ2n) is 3.77. The molecule has 0 fully saturated rings. The van der Waals surface area contributed by atoms with E-state index in [2.05, 4.69) is 4.98 Å². The fourth-order valence-corrected chi connectivity index (χ4v) is 1.35. The monoisotopic (exact) mass is 245 g/mol. The summed E-state index contributed by atoms with van der Waals surface area (Å²) in [5, 5.41) is 0. The van der Waals surface area contributed by atoms with Gasteiger partial charge in [-0.25, -0.2) is 4.98 Å². The average Bonchev–Trinajstić information content (AvgIpc) is 2.25. The summed E-state index contributed by atoms with van der Waals surface area (Å²) in [5.41, 5.74) is -1.27. The Labute approximate surface area is 95.7 Å². The van der Waals surface area contributed by atoms with Crippen LogP contribution in [0, 0.1) is 0 Å². The molecule has 0 saturated carbocycles. The lowest BCUT2D eigenvalue weighted by Gasteiger charge is -2.12. The van der Waals surface area contributed by atoms with Gasteiger partial charge in [0, 0.05) is 0 Å². The van der Waals surface area contributed by atoms with Crippen molar-refractivity contribution in [2.24, 2.45) is 0 Å². The molecule has 0 aromatic carbocycles. The summed E-state index contributed by atoms with van der Waals surface area (Å²) in [6, 6.07) is 1.98. The quantitative estimate of drug-likeness (QED) is 0.467. The highest BCUT2D eigenvalue weighted by atomic mass is 19.4. The van der Waals surface area contributed by atoms with Crippen molar-refractivity contribution in [3.8, 4) is 0 Å². The van der Waals surface area contributed by atoms with Crippen molar-refractivity contribution in [3.63, 3.8) is 0 Å². The molecular weight excluding hydrogens is 235 g/mol. The van der Waals surface area contributed by atoms with Gasteiger partial charge in [0.2, 0.25) is 5.78 Å². The normalized spacial score (nSPS) is 11.6. The van der Waals surface area contributed by atoms with Crippen LogP contribution in [-0.4, -0.2) is 17.1 Å². The minimum atomic E-state index is -4.63. The highest BCUT2D eigenvalue weighted by molar-refractivity contribution is 6.33. The number of alkyl halides is 3. The maximum Gasteiger partial charge on any atom is 0.433 e. The lowest BCUT2D eigenvalue weighted by atomic mass is 9.99. The van der Waals surface area contributed by atoms with E-state index in [9.17, 15) is 22.8 Å². The Balaban J connectivity index is 3.39. The first-order valence-corrected chi connectivity index (χ1v) is 4.85. The predicted molar refractivity (Wildman–Crippen MR) is 53.7 cm³/mol. The number of hydrogen-bond acceptors (Lipinski definition) is 3. The van der Waals surface area contributed by atoms with Gasteiger partial charge in [-0.15, -0.1) is 0 Å². The van der Waals surface area contributed by atoms with Gasteiger partial charge in [-0.05, 0) is 17.5 Å². The van der Waals surface area contributed by atoms with Crippen LogP contribution < -0.4 is 0 Å². The number of Topliss-reactive ketones (excluding diaryl/α,β-unsaturated/α-hetero) is 1. The van der Waals surface area contributed by atoms with Crippen LogP contribution in [0.1, 0.15) is 41.5 Å². The Kier molecular flexibility index (Phi) is 3.65. The van der Waals surface area contributed by atoms with Gasteiger partial charge >= 0.3 is 6.18 Å². The van der Waals surface area contributed by atoms with E-state index < -0.39 is 23.3 Å². The second kappa shape index (κ2) is 4.65. The molecule has 0 spiro atoms. The smallest absolute Gasteiger partial charge is 0.294 e. The van der Waals surface area contributed by atoms with E-state index in [-0.39, 0.29) is 12.2 Å². The topological polar surface area (TPSA) is 47.0 Å². The third-order valence-electron chi connectivity index (χ3n) is 2.18. The van der Waals surface area contributed by atoms with Gasteiger partial charge in [0.1, 0.15) is 11.4 Å². The molecule has 0 amide bonds. The van der Waals surface area contributed by atoms with Crippen LogP contribution in [-0.2, 0) is 11.0 Å². The van der Waals surface area contributed by atoms with E-state index in [1.807, 2.05) is 0 Å². The van der Waals surface area contributed by atoms with Gasteiger partial charge < -0.3 is 0 Å². The van der Waals surface area contributed by atoms with E-state index in [0.29, 0.717) is 5.56 Å². The molecule has 0 saturated heterocycles. The lowest BCUT2D eigenvalue weighted by molar-refractivity contribution is -0.141. The Hall–Kier alpha value is -1.72. The molecule has 0 bridgehead atoms. The van der Waals surface area contributed by atoms with Gasteiger partial charge in [0.15, 0.2) is 6.29 Å². The molecule has 0 aliphatic carbocycles. The summed E-state index contributed by atoms with van der Waals surface area (Å²) < 4.78 is 37.2. The predicted octanol–water partition coefficient (Wildman–Crippen LogP) is 2.61. The first-order chi connectivity index (χ1) is 7.77. The molecule has 1 rings (SSSR count). The van der Waals surface area contributed by atoms with Crippen LogP contribution in [0.2, 0.25) is 0 Å². The van der Waals surface area contributed by atoms with E-state index in [4.69, 9.17) is 0 Å². The Morgan fingerprint density at radius 1 is 1.35 bits per heavy atom. The van der Waals surface area contributed by atoms with Crippen molar-refractivity contribution in [2.45, 2.75) is 25.9 Å². The number of hydrogen-bond donors (Lipinski definition) is 0. The number of carbonyl (C=O) groups excluding carboxylic acids is 2. The van der Waals surface area contributed by atoms with E-state index in [1.54, 1.807) is 13.8 Å². The number of carbonyl (C=O) groups is 2. The summed E-state index contributed by atoms with van der Waals surface area (Å²) in [4.78, 5) is 24.8. The van der Waals surface area contributed by atoms with Gasteiger partial charge in [-0.1, -0.05) is 19.9 Å². The molecule has 17 heavy (non-hydrogen) atoms. The molecule has 0 atom stereocenters. The summed E-state index contributed by atoms with van der Waals surface area (Å²) in [6.07, 6.45) is -4.66. The fraction of sp³-hybridized carbons (Fsp3) is 0.364. The average molecular weight is 245 g/mol. The van der Waals surface area contributed by atoms with Crippen LogP contribution in [0.15, 0.2) is 12.1 Å². The van der Waals surface area contributed by atoms with Crippen molar-refractivity contribution in [3.05, 3.63) is 29.1 Å². The van der Waals surface area contributed by atoms with Crippen molar-refractivity contribution in [1.82, 2.24) is 4.98 Å². The largest absolute Gasteiger partial charge is 0.433 e. The van der Waals surface area contributed by atoms with Crippen molar-refractivity contribution < 1.29 is 22.8 Å². The molecule has 0 aliphatic rings. The molecule has 0 aliphatic heterocycles. The summed E-state index contributed by atoms with van der Waals surface area (Å²) in [6.45, 7) is 3.40. The Morgan fingerprint density at radius 2 is 1.94 bits per heavy atom. The maximum absolute atomic E-state index is 12.4. The lowest BCUT2D eigenvalue weighted by Crippen LogP contribution is -2.15.